The van der Waals surface area contributed by atoms with Gasteiger partial charge in [-0.2, -0.15) is 0 Å². The fourth-order valence-electron chi connectivity index (χ4n) is 3.10. The van der Waals surface area contributed by atoms with Gasteiger partial charge in [0.25, 0.3) is 5.91 Å². The van der Waals surface area contributed by atoms with Crippen molar-refractivity contribution in [3.63, 3.8) is 0 Å². The van der Waals surface area contributed by atoms with Crippen LogP contribution in [0.15, 0.2) is 18.3 Å². The third-order valence-corrected chi connectivity index (χ3v) is 4.64. The quantitative estimate of drug-likeness (QED) is 0.777. The Morgan fingerprint density at radius 2 is 1.93 bits per heavy atom. The standard InChI is InChI=1S/C19H28N4O5/c1-19(2,3)28-18(26)23-8-6-22(7-9-23)13-4-5-14(20-10-13)17(25)21-15-11-27-12-16(15)24/h4-5,10,15-16,24H,6-9,11-12H2,1-3H3,(H,21,25)/t15-,16-/m0/s1. The molecular weight excluding hydrogens is 364 g/mol. The first-order valence-electron chi connectivity index (χ1n) is 9.48. The van der Waals surface area contributed by atoms with E-state index in [9.17, 15) is 14.7 Å². The number of aliphatic hydroxyl groups excluding tert-OH is 1. The van der Waals surface area contributed by atoms with E-state index in [2.05, 4.69) is 15.2 Å². The SMILES string of the molecule is CC(C)(C)OC(=O)N1CCN(c2ccc(C(=O)N[C@H]3COC[C@@H]3O)nc2)CC1. The number of ether oxygens (including phenoxy) is 2. The number of piperazine rings is 1. The number of hydrogen-bond donors (Lipinski definition) is 2. The molecule has 1 aromatic heterocycles. The number of nitrogens with one attached hydrogen (secondary N) is 1. The molecular formula is C19H28N4O5. The zero-order chi connectivity index (χ0) is 20.3. The van der Waals surface area contributed by atoms with Crippen molar-refractivity contribution in [2.75, 3.05) is 44.3 Å². The number of hydrogen-bond acceptors (Lipinski definition) is 7. The molecule has 154 valence electrons. The highest BCUT2D eigenvalue weighted by Gasteiger charge is 2.29. The summed E-state index contributed by atoms with van der Waals surface area (Å²) in [5.41, 5.74) is 0.676. The Hall–Kier alpha value is -2.39. The molecule has 9 nitrogen and oxygen atoms in total. The molecule has 2 N–H and O–H groups in total. The minimum Gasteiger partial charge on any atom is -0.444 e. The second kappa shape index (κ2) is 8.32. The first-order valence-corrected chi connectivity index (χ1v) is 9.48. The predicted octanol–water partition coefficient (Wildman–Crippen LogP) is 0.628. The molecule has 0 aliphatic carbocycles. The van der Waals surface area contributed by atoms with E-state index in [-0.39, 0.29) is 24.3 Å². The van der Waals surface area contributed by atoms with Gasteiger partial charge in [0.2, 0.25) is 0 Å². The minimum absolute atomic E-state index is 0.229. The van der Waals surface area contributed by atoms with Gasteiger partial charge in [-0.3, -0.25) is 4.79 Å². The zero-order valence-electron chi connectivity index (χ0n) is 16.6. The maximum absolute atomic E-state index is 12.3. The van der Waals surface area contributed by atoms with Crippen LogP contribution in [0.5, 0.6) is 0 Å². The van der Waals surface area contributed by atoms with Crippen LogP contribution in [0.4, 0.5) is 10.5 Å². The number of carbonyl (C=O) groups excluding carboxylic acids is 2. The topological polar surface area (TPSA) is 104 Å². The Labute approximate surface area is 164 Å². The lowest BCUT2D eigenvalue weighted by Gasteiger charge is -2.36. The second-order valence-corrected chi connectivity index (χ2v) is 8.04. The lowest BCUT2D eigenvalue weighted by molar-refractivity contribution is 0.0240. The van der Waals surface area contributed by atoms with Gasteiger partial charge in [-0.1, -0.05) is 0 Å². The van der Waals surface area contributed by atoms with Gasteiger partial charge in [-0.15, -0.1) is 0 Å². The highest BCUT2D eigenvalue weighted by molar-refractivity contribution is 5.92. The van der Waals surface area contributed by atoms with E-state index < -0.39 is 17.7 Å². The Bertz CT molecular complexity index is 695. The van der Waals surface area contributed by atoms with Crippen molar-refractivity contribution in [2.24, 2.45) is 0 Å². The van der Waals surface area contributed by atoms with E-state index in [0.717, 1.165) is 5.69 Å². The lowest BCUT2D eigenvalue weighted by Crippen LogP contribution is -2.50. The molecule has 2 fully saturated rings. The first kappa shape index (κ1) is 20.3. The van der Waals surface area contributed by atoms with Gasteiger partial charge in [0.15, 0.2) is 0 Å². The van der Waals surface area contributed by atoms with Crippen LogP contribution in [0.3, 0.4) is 0 Å². The van der Waals surface area contributed by atoms with Crippen LogP contribution in [-0.2, 0) is 9.47 Å². The molecule has 0 unspecified atom stereocenters. The molecule has 0 saturated carbocycles. The summed E-state index contributed by atoms with van der Waals surface area (Å²) in [7, 11) is 0. The van der Waals surface area contributed by atoms with E-state index in [1.807, 2.05) is 26.8 Å². The third kappa shape index (κ3) is 5.11. The van der Waals surface area contributed by atoms with E-state index >= 15 is 0 Å². The molecule has 2 atom stereocenters. The smallest absolute Gasteiger partial charge is 0.410 e. The summed E-state index contributed by atoms with van der Waals surface area (Å²) in [6, 6.07) is 3.09. The van der Waals surface area contributed by atoms with E-state index in [1.165, 1.54) is 0 Å². The molecule has 0 spiro atoms. The number of carbonyl (C=O) groups is 2. The van der Waals surface area contributed by atoms with Gasteiger partial charge in [-0.25, -0.2) is 9.78 Å². The van der Waals surface area contributed by atoms with Crippen molar-refractivity contribution in [1.82, 2.24) is 15.2 Å². The van der Waals surface area contributed by atoms with Gasteiger partial charge in [0.1, 0.15) is 11.3 Å². The molecule has 2 aliphatic rings. The minimum atomic E-state index is -0.690. The summed E-state index contributed by atoms with van der Waals surface area (Å²) in [5, 5.41) is 12.5. The monoisotopic (exact) mass is 392 g/mol. The molecule has 2 aliphatic heterocycles. The number of pyridine rings is 1. The van der Waals surface area contributed by atoms with E-state index in [1.54, 1.807) is 17.2 Å². The molecule has 0 bridgehead atoms. The number of anilines is 1. The molecule has 1 aromatic rings. The van der Waals surface area contributed by atoms with E-state index in [0.29, 0.717) is 32.8 Å². The fourth-order valence-corrected chi connectivity index (χ4v) is 3.10. The molecule has 0 aromatic carbocycles. The summed E-state index contributed by atoms with van der Waals surface area (Å²) in [4.78, 5) is 32.5. The van der Waals surface area contributed by atoms with Gasteiger partial charge < -0.3 is 29.7 Å². The Morgan fingerprint density at radius 1 is 1.21 bits per heavy atom. The number of aliphatic hydroxyl groups is 1. The van der Waals surface area contributed by atoms with Crippen LogP contribution in [-0.4, -0.2) is 84.1 Å². The summed E-state index contributed by atoms with van der Waals surface area (Å²) >= 11 is 0. The summed E-state index contributed by atoms with van der Waals surface area (Å²) in [6.45, 7) is 8.55. The maximum atomic E-state index is 12.3. The highest BCUT2D eigenvalue weighted by atomic mass is 16.6. The second-order valence-electron chi connectivity index (χ2n) is 8.04. The van der Waals surface area contributed by atoms with Crippen molar-refractivity contribution in [3.05, 3.63) is 24.0 Å². The highest BCUT2D eigenvalue weighted by Crippen LogP contribution is 2.18. The molecule has 3 heterocycles. The number of amides is 2. The van der Waals surface area contributed by atoms with Crippen LogP contribution in [0.25, 0.3) is 0 Å². The van der Waals surface area contributed by atoms with Gasteiger partial charge in [0.05, 0.1) is 37.2 Å². The Kier molecular flexibility index (Phi) is 6.04. The van der Waals surface area contributed by atoms with Crippen LogP contribution >= 0.6 is 0 Å². The summed E-state index contributed by atoms with van der Waals surface area (Å²) in [5.74, 6) is -0.337. The summed E-state index contributed by atoms with van der Waals surface area (Å²) in [6.07, 6.45) is 0.666. The van der Waals surface area contributed by atoms with Gasteiger partial charge in [0, 0.05) is 26.2 Å². The fraction of sp³-hybridized carbons (Fsp3) is 0.632. The lowest BCUT2D eigenvalue weighted by atomic mass is 10.2. The van der Waals surface area contributed by atoms with Crippen LogP contribution in [0, 0.1) is 0 Å². The summed E-state index contributed by atoms with van der Waals surface area (Å²) < 4.78 is 10.5. The van der Waals surface area contributed by atoms with Crippen molar-refractivity contribution in [3.8, 4) is 0 Å². The number of aromatic nitrogens is 1. The largest absolute Gasteiger partial charge is 0.444 e. The average molecular weight is 392 g/mol. The number of nitrogens with zero attached hydrogens (tertiary/aromatic N) is 3. The van der Waals surface area contributed by atoms with Crippen LogP contribution in [0.1, 0.15) is 31.3 Å². The van der Waals surface area contributed by atoms with Crippen molar-refractivity contribution in [1.29, 1.82) is 0 Å². The Morgan fingerprint density at radius 3 is 2.46 bits per heavy atom. The van der Waals surface area contributed by atoms with Crippen LogP contribution in [0.2, 0.25) is 0 Å². The van der Waals surface area contributed by atoms with Gasteiger partial charge in [-0.05, 0) is 32.9 Å². The van der Waals surface area contributed by atoms with Crippen LogP contribution < -0.4 is 10.2 Å². The average Bonchev–Trinajstić information content (AvgIpc) is 3.05. The molecule has 0 radical (unpaired) electrons. The Balaban J connectivity index is 1.52. The molecule has 28 heavy (non-hydrogen) atoms. The zero-order valence-corrected chi connectivity index (χ0v) is 16.6. The molecule has 2 saturated heterocycles. The molecule has 3 rings (SSSR count). The van der Waals surface area contributed by atoms with Gasteiger partial charge >= 0.3 is 6.09 Å². The first-order chi connectivity index (χ1) is 13.2. The molecule has 9 heteroatoms. The van der Waals surface area contributed by atoms with Crippen molar-refractivity contribution < 1.29 is 24.2 Å². The predicted molar refractivity (Wildman–Crippen MR) is 102 cm³/mol. The normalized spacial score (nSPS) is 22.9. The number of rotatable bonds is 3. The molecule has 2 amide bonds. The maximum Gasteiger partial charge on any atom is 0.410 e. The van der Waals surface area contributed by atoms with Crippen molar-refractivity contribution in [2.45, 2.75) is 38.5 Å². The third-order valence-electron chi connectivity index (χ3n) is 4.64. The van der Waals surface area contributed by atoms with E-state index in [4.69, 9.17) is 9.47 Å². The van der Waals surface area contributed by atoms with Crippen molar-refractivity contribution >= 4 is 17.7 Å².